The van der Waals surface area contributed by atoms with Crippen LogP contribution in [0.1, 0.15) is 21.6 Å². The number of azo groups is 2. The highest BCUT2D eigenvalue weighted by Crippen LogP contribution is 2.45. The van der Waals surface area contributed by atoms with E-state index in [1.165, 1.54) is 38.1 Å². The van der Waals surface area contributed by atoms with Gasteiger partial charge in [0.2, 0.25) is 11.8 Å². The third kappa shape index (κ3) is 14.9. The number of phenols is 1. The average molecular weight is 1310 g/mol. The molecule has 0 aliphatic heterocycles. The lowest BCUT2D eigenvalue weighted by atomic mass is 10.0. The molecule has 442 valence electrons. The minimum Gasteiger partial charge on any atom is -0.505 e. The maximum absolute atomic E-state index is 13.5. The smallest absolute Gasteiger partial charge is 0.398 e. The number of rotatable bonds is 22. The van der Waals surface area contributed by atoms with Crippen molar-refractivity contribution >= 4 is 152 Å². The highest BCUT2D eigenvalue weighted by molar-refractivity contribution is 7.95. The zero-order valence-corrected chi connectivity index (χ0v) is 47.9. The van der Waals surface area contributed by atoms with Crippen LogP contribution in [0.2, 0.25) is 0 Å². The van der Waals surface area contributed by atoms with Crippen LogP contribution in [0.15, 0.2) is 125 Å². The van der Waals surface area contributed by atoms with E-state index in [2.05, 4.69) is 44.7 Å². The van der Waals surface area contributed by atoms with E-state index < -0.39 is 160 Å². The molecule has 0 unspecified atom stereocenters. The Balaban J connectivity index is 1.13. The van der Waals surface area contributed by atoms with Crippen molar-refractivity contribution in [3.8, 4) is 23.1 Å². The summed E-state index contributed by atoms with van der Waals surface area (Å²) in [6.07, 6.45) is 0. The van der Waals surface area contributed by atoms with Gasteiger partial charge in [-0.1, -0.05) is 6.07 Å². The molecule has 0 spiro atoms. The molecule has 7 rings (SSSR count). The van der Waals surface area contributed by atoms with Gasteiger partial charge in [-0.3, -0.25) is 32.4 Å². The molecule has 83 heavy (non-hydrogen) atoms. The van der Waals surface area contributed by atoms with Crippen molar-refractivity contribution in [3.05, 3.63) is 102 Å². The molecule has 0 radical (unpaired) electrons. The SMILES string of the molecule is Cc1cc2c(S(=O)(=O)O)c(NC(=O)CS(=O)(=O)CCCl)ccc2c(O)c1N=Nc1cc(NC(=O)c2ccc(-n3nc(C)c(N=Nc4ccc5c(S(=O)(=O)O)c(OOSCOS(=O)(=O)O)ccc5c4S(=O)(=O)O)c3O)cc2)ccc1S(=O)(=O)O. The summed E-state index contributed by atoms with van der Waals surface area (Å²) < 4.78 is 205. The summed E-state index contributed by atoms with van der Waals surface area (Å²) in [7, 11) is -29.8. The third-order valence-corrected chi connectivity index (χ3v) is 17.7. The van der Waals surface area contributed by atoms with Gasteiger partial charge in [0.25, 0.3) is 46.4 Å². The summed E-state index contributed by atoms with van der Waals surface area (Å²) in [5.74, 6) is -7.13. The summed E-state index contributed by atoms with van der Waals surface area (Å²) in [6, 6.07) is 14.6. The highest BCUT2D eigenvalue weighted by atomic mass is 35.5. The molecule has 0 atom stereocenters. The van der Waals surface area contributed by atoms with Crippen molar-refractivity contribution in [2.75, 3.05) is 34.0 Å². The Morgan fingerprint density at radius 3 is 1.87 bits per heavy atom. The number of aromatic hydroxyl groups is 2. The summed E-state index contributed by atoms with van der Waals surface area (Å²) in [6.45, 7) is 2.65. The number of carbonyl (C=O) groups is 2. The number of hydrogen-bond acceptors (Lipinski definition) is 25. The predicted molar refractivity (Wildman–Crippen MR) is 291 cm³/mol. The fraction of sp³-hybridized carbons (Fsp3) is 0.140. The number of sulfone groups is 1. The minimum atomic E-state index is -5.32. The van der Waals surface area contributed by atoms with Gasteiger partial charge >= 0.3 is 10.4 Å². The van der Waals surface area contributed by atoms with Gasteiger partial charge in [-0.05, 0) is 98.3 Å². The minimum absolute atomic E-state index is 0.0237. The molecule has 1 aromatic heterocycles. The first-order chi connectivity index (χ1) is 38.5. The first kappa shape index (κ1) is 63.2. The van der Waals surface area contributed by atoms with Gasteiger partial charge in [-0.2, -0.15) is 51.9 Å². The summed E-state index contributed by atoms with van der Waals surface area (Å²) in [4.78, 5) is 27.0. The second-order valence-corrected chi connectivity index (χ2v) is 26.5. The van der Waals surface area contributed by atoms with Gasteiger partial charge in [0.1, 0.15) is 48.3 Å². The molecule has 0 aliphatic rings. The van der Waals surface area contributed by atoms with Crippen molar-refractivity contribution in [2.45, 2.75) is 33.4 Å². The number of nitrogens with one attached hydrogen (secondary N) is 2. The average Bonchev–Trinajstić information content (AvgIpc) is 3.00. The molecule has 0 saturated carbocycles. The number of carbonyl (C=O) groups excluding carboxylic acids is 2. The largest absolute Gasteiger partial charge is 0.505 e. The first-order valence-corrected chi connectivity index (χ1v) is 32.5. The summed E-state index contributed by atoms with van der Waals surface area (Å²) in [5, 5.41) is 45.1. The van der Waals surface area contributed by atoms with Crippen molar-refractivity contribution in [2.24, 2.45) is 20.5 Å². The van der Waals surface area contributed by atoms with Crippen LogP contribution in [-0.4, -0.2) is 128 Å². The lowest BCUT2D eigenvalue weighted by Crippen LogP contribution is -2.26. The molecule has 6 aromatic carbocycles. The Kier molecular flexibility index (Phi) is 18.4. The number of alkyl halides is 1. The van der Waals surface area contributed by atoms with E-state index in [0.717, 1.165) is 65.3 Å². The number of nitrogens with zero attached hydrogens (tertiary/aromatic N) is 6. The lowest BCUT2D eigenvalue weighted by molar-refractivity contribution is -0.113. The Morgan fingerprint density at radius 1 is 0.651 bits per heavy atom. The van der Waals surface area contributed by atoms with Crippen molar-refractivity contribution < 1.29 is 106 Å². The Morgan fingerprint density at radius 2 is 1.25 bits per heavy atom. The molecular formula is C43H37ClN8O24S7. The molecule has 40 heteroatoms. The Labute approximate surface area is 477 Å². The molecule has 0 bridgehead atoms. The zero-order chi connectivity index (χ0) is 61.4. The fourth-order valence-corrected chi connectivity index (χ4v) is 13.1. The molecule has 7 aromatic rings. The number of anilines is 2. The van der Waals surface area contributed by atoms with E-state index in [4.69, 9.17) is 21.0 Å². The summed E-state index contributed by atoms with van der Waals surface area (Å²) in [5.41, 5.74) is -2.72. The fourth-order valence-electron chi connectivity index (χ4n) is 7.65. The number of aryl methyl sites for hydroxylation is 2. The van der Waals surface area contributed by atoms with Crippen LogP contribution in [0.5, 0.6) is 17.4 Å². The molecule has 0 fully saturated rings. The monoisotopic (exact) mass is 1310 g/mol. The maximum atomic E-state index is 13.5. The van der Waals surface area contributed by atoms with Gasteiger partial charge < -0.3 is 25.7 Å². The van der Waals surface area contributed by atoms with Gasteiger partial charge in [0.05, 0.1) is 34.9 Å². The first-order valence-electron chi connectivity index (χ1n) is 22.1. The normalized spacial score (nSPS) is 12.9. The van der Waals surface area contributed by atoms with Gasteiger partial charge in [-0.15, -0.1) is 36.4 Å². The van der Waals surface area contributed by atoms with Gasteiger partial charge in [0, 0.05) is 38.7 Å². The number of amides is 2. The number of fused-ring (bicyclic) bond motifs is 2. The van der Waals surface area contributed by atoms with Crippen LogP contribution in [0.3, 0.4) is 0 Å². The number of phenolic OH excluding ortho intramolecular Hbond substituents is 1. The van der Waals surface area contributed by atoms with Crippen molar-refractivity contribution in [1.82, 2.24) is 9.78 Å². The van der Waals surface area contributed by atoms with E-state index >= 15 is 0 Å². The number of hydrogen-bond donors (Lipinski definition) is 9. The van der Waals surface area contributed by atoms with Crippen LogP contribution in [-0.2, 0) is 74.0 Å². The molecule has 2 amide bonds. The van der Waals surface area contributed by atoms with E-state index in [9.17, 15) is 88.5 Å². The van der Waals surface area contributed by atoms with Crippen molar-refractivity contribution in [3.63, 3.8) is 0 Å². The van der Waals surface area contributed by atoms with Crippen LogP contribution in [0.4, 0.5) is 34.1 Å². The molecule has 0 saturated heterocycles. The van der Waals surface area contributed by atoms with Crippen molar-refractivity contribution in [1.29, 1.82) is 0 Å². The standard InChI is InChI=1S/C43H37ClN8O24S7/c1-21-17-29-26(8-11-30(40(29)81(65,66)67)46-35(53)19-78(57,58)16-15-44)38(54)36(21)49-48-32-18-24(5-14-34(32)79(59,60)61)45-42(55)23-3-6-25(7-4-23)52-43(56)37(22(2)51-52)50-47-31-12-9-28-27(39(31)80(62,63)64)10-13-33(41(28)82(68,69)70)75-76-77-20-74-83(71,72)73/h3-14,17-18,54,56H,15-16,19-20H2,1-2H3,(H,45,55)(H,46,53)(H,59,60,61)(H,62,63,64)(H,65,66,67)(H,68,69,70)(H,71,72,73). The van der Waals surface area contributed by atoms with Crippen LogP contribution < -0.4 is 15.5 Å². The van der Waals surface area contributed by atoms with E-state index in [1.54, 1.807) is 0 Å². The highest BCUT2D eigenvalue weighted by Gasteiger charge is 2.30. The van der Waals surface area contributed by atoms with E-state index in [0.29, 0.717) is 0 Å². The molecule has 32 nitrogen and oxygen atoms in total. The Hall–Kier alpha value is -7.35. The van der Waals surface area contributed by atoms with Crippen LogP contribution in [0.25, 0.3) is 27.2 Å². The van der Waals surface area contributed by atoms with E-state index in [1.807, 2.05) is 0 Å². The third-order valence-electron chi connectivity index (χ3n) is 11.0. The van der Waals surface area contributed by atoms with Crippen LogP contribution >= 0.6 is 23.6 Å². The second kappa shape index (κ2) is 24.1. The topological polar surface area (TPSA) is 500 Å². The van der Waals surface area contributed by atoms with Crippen LogP contribution in [0, 0.1) is 13.8 Å². The maximum Gasteiger partial charge on any atom is 0.398 e. The lowest BCUT2D eigenvalue weighted by Gasteiger charge is -2.15. The zero-order valence-electron chi connectivity index (χ0n) is 41.4. The molecule has 1 heterocycles. The summed E-state index contributed by atoms with van der Waals surface area (Å²) >= 11 is 5.57. The number of aromatic nitrogens is 2. The molecular weight excluding hydrogens is 1270 g/mol. The number of halogens is 1. The quantitative estimate of drug-likeness (QED) is 0.00504. The van der Waals surface area contributed by atoms with Gasteiger partial charge in [-0.25, -0.2) is 12.6 Å². The van der Waals surface area contributed by atoms with E-state index in [-0.39, 0.29) is 62.6 Å². The Bertz CT molecular complexity index is 4600. The second-order valence-electron chi connectivity index (χ2n) is 16.7. The molecule has 0 aliphatic carbocycles. The number of benzene rings is 6. The van der Waals surface area contributed by atoms with Gasteiger partial charge in [0.15, 0.2) is 27.0 Å². The molecule has 9 N–H and O–H groups in total. The predicted octanol–water partition coefficient (Wildman–Crippen LogP) is 6.60.